The van der Waals surface area contributed by atoms with Crippen LogP contribution in [0.2, 0.25) is 0 Å². The second-order valence-electron chi connectivity index (χ2n) is 5.45. The fourth-order valence-corrected chi connectivity index (χ4v) is 3.07. The minimum Gasteiger partial charge on any atom is -0.372 e. The maximum Gasteiger partial charge on any atom is 0.107 e. The van der Waals surface area contributed by atoms with E-state index in [2.05, 4.69) is 42.2 Å². The minimum atomic E-state index is -0.587. The van der Waals surface area contributed by atoms with Crippen LogP contribution < -0.4 is 10.6 Å². The Morgan fingerprint density at radius 1 is 1.42 bits per heavy atom. The predicted molar refractivity (Wildman–Crippen MR) is 78.8 cm³/mol. The van der Waals surface area contributed by atoms with Gasteiger partial charge in [-0.3, -0.25) is 0 Å². The van der Waals surface area contributed by atoms with E-state index in [1.54, 1.807) is 0 Å². The molecule has 0 amide bonds. The Hall–Kier alpha value is -1.53. The molecule has 2 atom stereocenters. The molecule has 0 bridgehead atoms. The molecule has 1 fully saturated rings. The van der Waals surface area contributed by atoms with E-state index in [9.17, 15) is 5.26 Å². The van der Waals surface area contributed by atoms with E-state index in [0.717, 1.165) is 38.8 Å². The zero-order valence-corrected chi connectivity index (χ0v) is 11.7. The number of rotatable bonds is 5. The standard InChI is InChI=1S/C16H23N3/c1-2-19(15-8-4-3-5-9-15)12-10-14-7-6-11-16(14,18)13-17/h3-5,8-9,14H,2,6-7,10-12,18H2,1H3. The Morgan fingerprint density at radius 3 is 2.79 bits per heavy atom. The second-order valence-corrected chi connectivity index (χ2v) is 5.45. The molecule has 1 aromatic rings. The van der Waals surface area contributed by atoms with Gasteiger partial charge >= 0.3 is 0 Å². The van der Waals surface area contributed by atoms with Gasteiger partial charge in [-0.15, -0.1) is 0 Å². The van der Waals surface area contributed by atoms with Crippen molar-refractivity contribution in [1.29, 1.82) is 5.26 Å². The van der Waals surface area contributed by atoms with Gasteiger partial charge in [0.05, 0.1) is 6.07 Å². The number of benzene rings is 1. The monoisotopic (exact) mass is 257 g/mol. The van der Waals surface area contributed by atoms with Gasteiger partial charge in [0.25, 0.3) is 0 Å². The molecule has 102 valence electrons. The number of hydrogen-bond donors (Lipinski definition) is 1. The van der Waals surface area contributed by atoms with Crippen LogP contribution in [0.5, 0.6) is 0 Å². The molecule has 3 heteroatoms. The number of para-hydroxylation sites is 1. The summed E-state index contributed by atoms with van der Waals surface area (Å²) in [5.41, 5.74) is 6.85. The molecule has 0 aliphatic heterocycles. The first-order chi connectivity index (χ1) is 9.19. The number of nitrogens with zero attached hydrogens (tertiary/aromatic N) is 2. The largest absolute Gasteiger partial charge is 0.372 e. The third kappa shape index (κ3) is 3.08. The van der Waals surface area contributed by atoms with E-state index >= 15 is 0 Å². The van der Waals surface area contributed by atoms with Crippen molar-refractivity contribution < 1.29 is 0 Å². The molecule has 2 rings (SSSR count). The molecular formula is C16H23N3. The molecule has 2 unspecified atom stereocenters. The van der Waals surface area contributed by atoms with Crippen molar-refractivity contribution in [3.8, 4) is 6.07 Å². The summed E-state index contributed by atoms with van der Waals surface area (Å²) >= 11 is 0. The molecule has 0 saturated heterocycles. The van der Waals surface area contributed by atoms with E-state index in [-0.39, 0.29) is 0 Å². The number of hydrogen-bond acceptors (Lipinski definition) is 3. The molecule has 0 aromatic heterocycles. The summed E-state index contributed by atoms with van der Waals surface area (Å²) in [6.07, 6.45) is 4.04. The average Bonchev–Trinajstić information content (AvgIpc) is 2.83. The summed E-state index contributed by atoms with van der Waals surface area (Å²) in [4.78, 5) is 2.36. The smallest absolute Gasteiger partial charge is 0.107 e. The molecule has 0 spiro atoms. The predicted octanol–water partition coefficient (Wildman–Crippen LogP) is 2.92. The van der Waals surface area contributed by atoms with Crippen molar-refractivity contribution in [2.75, 3.05) is 18.0 Å². The molecule has 2 N–H and O–H groups in total. The summed E-state index contributed by atoms with van der Waals surface area (Å²) in [7, 11) is 0. The molecule has 1 aromatic carbocycles. The highest BCUT2D eigenvalue weighted by Crippen LogP contribution is 2.35. The van der Waals surface area contributed by atoms with Crippen molar-refractivity contribution in [2.24, 2.45) is 11.7 Å². The summed E-state index contributed by atoms with van der Waals surface area (Å²) in [5, 5.41) is 9.25. The molecule has 3 nitrogen and oxygen atoms in total. The van der Waals surface area contributed by atoms with Crippen LogP contribution in [0.15, 0.2) is 30.3 Å². The number of nitrogens with two attached hydrogens (primary N) is 1. The Labute approximate surface area is 116 Å². The van der Waals surface area contributed by atoms with Crippen molar-refractivity contribution in [1.82, 2.24) is 0 Å². The van der Waals surface area contributed by atoms with Gasteiger partial charge in [-0.1, -0.05) is 24.6 Å². The van der Waals surface area contributed by atoms with Crippen LogP contribution in [0.1, 0.15) is 32.6 Å². The van der Waals surface area contributed by atoms with Gasteiger partial charge in [0.1, 0.15) is 5.54 Å². The summed E-state index contributed by atoms with van der Waals surface area (Å²) in [6.45, 7) is 4.13. The van der Waals surface area contributed by atoms with Crippen LogP contribution in [0, 0.1) is 17.2 Å². The van der Waals surface area contributed by atoms with Gasteiger partial charge in [0.2, 0.25) is 0 Å². The fourth-order valence-electron chi connectivity index (χ4n) is 3.07. The zero-order chi connectivity index (χ0) is 13.7. The van der Waals surface area contributed by atoms with E-state index in [1.807, 2.05) is 6.07 Å². The summed E-state index contributed by atoms with van der Waals surface area (Å²) < 4.78 is 0. The number of anilines is 1. The molecule has 1 saturated carbocycles. The highest BCUT2D eigenvalue weighted by Gasteiger charge is 2.39. The third-order valence-corrected chi connectivity index (χ3v) is 4.33. The first kappa shape index (κ1) is 13.9. The molecule has 19 heavy (non-hydrogen) atoms. The maximum absolute atomic E-state index is 9.25. The highest BCUT2D eigenvalue weighted by atomic mass is 15.1. The second kappa shape index (κ2) is 6.08. The van der Waals surface area contributed by atoms with E-state index in [0.29, 0.717) is 5.92 Å². The van der Waals surface area contributed by atoms with E-state index < -0.39 is 5.54 Å². The minimum absolute atomic E-state index is 0.343. The lowest BCUT2D eigenvalue weighted by Gasteiger charge is -2.28. The highest BCUT2D eigenvalue weighted by molar-refractivity contribution is 5.45. The quantitative estimate of drug-likeness (QED) is 0.882. The Kier molecular flexibility index (Phi) is 4.44. The Bertz CT molecular complexity index is 437. The van der Waals surface area contributed by atoms with Crippen molar-refractivity contribution in [3.05, 3.63) is 30.3 Å². The van der Waals surface area contributed by atoms with Crippen LogP contribution in [0.3, 0.4) is 0 Å². The van der Waals surface area contributed by atoms with Crippen LogP contribution in [-0.2, 0) is 0 Å². The first-order valence-electron chi connectivity index (χ1n) is 7.19. The van der Waals surface area contributed by atoms with Crippen LogP contribution >= 0.6 is 0 Å². The lowest BCUT2D eigenvalue weighted by Crippen LogP contribution is -2.43. The van der Waals surface area contributed by atoms with Gasteiger partial charge in [0.15, 0.2) is 0 Å². The van der Waals surface area contributed by atoms with Gasteiger partial charge in [0, 0.05) is 18.8 Å². The van der Waals surface area contributed by atoms with Crippen LogP contribution in [0.25, 0.3) is 0 Å². The molecule has 0 radical (unpaired) electrons. The lowest BCUT2D eigenvalue weighted by atomic mass is 9.87. The lowest BCUT2D eigenvalue weighted by molar-refractivity contribution is 0.374. The average molecular weight is 257 g/mol. The van der Waals surface area contributed by atoms with E-state index in [1.165, 1.54) is 5.69 Å². The van der Waals surface area contributed by atoms with Gasteiger partial charge in [-0.25, -0.2) is 0 Å². The summed E-state index contributed by atoms with van der Waals surface area (Å²) in [5.74, 6) is 0.343. The van der Waals surface area contributed by atoms with Gasteiger partial charge in [-0.2, -0.15) is 5.26 Å². The van der Waals surface area contributed by atoms with Crippen molar-refractivity contribution in [3.63, 3.8) is 0 Å². The SMILES string of the molecule is CCN(CCC1CCCC1(N)C#N)c1ccccc1. The topological polar surface area (TPSA) is 53.0 Å². The van der Waals surface area contributed by atoms with Crippen LogP contribution in [0.4, 0.5) is 5.69 Å². The number of nitriles is 1. The Morgan fingerprint density at radius 2 is 2.16 bits per heavy atom. The fraction of sp³-hybridized carbons (Fsp3) is 0.562. The molecule has 1 aliphatic carbocycles. The van der Waals surface area contributed by atoms with Gasteiger partial charge < -0.3 is 10.6 Å². The normalized spacial score (nSPS) is 26.1. The Balaban J connectivity index is 1.96. The van der Waals surface area contributed by atoms with Crippen molar-refractivity contribution in [2.45, 2.75) is 38.1 Å². The van der Waals surface area contributed by atoms with E-state index in [4.69, 9.17) is 5.73 Å². The van der Waals surface area contributed by atoms with Crippen molar-refractivity contribution >= 4 is 5.69 Å². The molecular weight excluding hydrogens is 234 g/mol. The zero-order valence-electron chi connectivity index (χ0n) is 11.7. The molecule has 1 aliphatic rings. The van der Waals surface area contributed by atoms with Crippen LogP contribution in [-0.4, -0.2) is 18.6 Å². The summed E-state index contributed by atoms with van der Waals surface area (Å²) in [6, 6.07) is 12.8. The third-order valence-electron chi connectivity index (χ3n) is 4.33. The maximum atomic E-state index is 9.25. The molecule has 0 heterocycles. The van der Waals surface area contributed by atoms with Gasteiger partial charge in [-0.05, 0) is 44.2 Å². The first-order valence-corrected chi connectivity index (χ1v) is 7.19.